The third kappa shape index (κ3) is 5.87. The van der Waals surface area contributed by atoms with Crippen molar-refractivity contribution in [1.29, 1.82) is 0 Å². The normalized spacial score (nSPS) is 14.6. The summed E-state index contributed by atoms with van der Waals surface area (Å²) in [6, 6.07) is 18.4. The average Bonchev–Trinajstić information content (AvgIpc) is 2.82. The van der Waals surface area contributed by atoms with Crippen LogP contribution in [0.25, 0.3) is 6.08 Å². The Morgan fingerprint density at radius 3 is 2.34 bits per heavy atom. The van der Waals surface area contributed by atoms with Crippen molar-refractivity contribution in [1.82, 2.24) is 5.32 Å². The molecule has 1 heterocycles. The molecule has 3 aromatic rings. The van der Waals surface area contributed by atoms with Gasteiger partial charge in [0.05, 0.1) is 5.69 Å². The van der Waals surface area contributed by atoms with E-state index in [1.807, 2.05) is 0 Å². The van der Waals surface area contributed by atoms with Crippen molar-refractivity contribution < 1.29 is 23.9 Å². The quantitative estimate of drug-likeness (QED) is 0.370. The Labute approximate surface area is 210 Å². The Balaban J connectivity index is 1.43. The van der Waals surface area contributed by atoms with Gasteiger partial charge in [0.25, 0.3) is 17.7 Å². The summed E-state index contributed by atoms with van der Waals surface area (Å²) in [5, 5.41) is 5.74. The summed E-state index contributed by atoms with van der Waals surface area (Å²) in [6.07, 6.45) is 1.36. The molecule has 1 saturated heterocycles. The zero-order valence-corrected chi connectivity index (χ0v) is 19.5. The maximum atomic E-state index is 12.9. The second kappa shape index (κ2) is 10.4. The summed E-state index contributed by atoms with van der Waals surface area (Å²) < 4.78 is 5.48. The third-order valence-corrected chi connectivity index (χ3v) is 5.34. The number of anilines is 2. The lowest BCUT2D eigenvalue weighted by Crippen LogP contribution is -2.54. The third-order valence-electron chi connectivity index (χ3n) is 4.86. The van der Waals surface area contributed by atoms with Gasteiger partial charge in [-0.15, -0.1) is 0 Å². The number of carbonyl (C=O) groups excluding carboxylic acids is 4. The van der Waals surface area contributed by atoms with Gasteiger partial charge >= 0.3 is 6.03 Å². The SMILES string of the molecule is O=C(COc1ccc(/C=C2\C(=O)NC(=O)N(c3cccc(Cl)c3)C2=O)cc1)Nc1ccc(Cl)cc1. The second-order valence-corrected chi connectivity index (χ2v) is 8.22. The van der Waals surface area contributed by atoms with Crippen LogP contribution in [0.5, 0.6) is 5.75 Å². The zero-order valence-electron chi connectivity index (χ0n) is 18.0. The van der Waals surface area contributed by atoms with Gasteiger partial charge in [-0.2, -0.15) is 0 Å². The lowest BCUT2D eigenvalue weighted by Gasteiger charge is -2.26. The summed E-state index contributed by atoms with van der Waals surface area (Å²) in [5.41, 5.74) is 1.12. The van der Waals surface area contributed by atoms with Crippen molar-refractivity contribution in [3.63, 3.8) is 0 Å². The van der Waals surface area contributed by atoms with E-state index >= 15 is 0 Å². The fourth-order valence-electron chi connectivity index (χ4n) is 3.21. The predicted molar refractivity (Wildman–Crippen MR) is 132 cm³/mol. The molecule has 0 spiro atoms. The van der Waals surface area contributed by atoms with E-state index in [0.717, 1.165) is 4.90 Å². The fraction of sp³-hybridized carbons (Fsp3) is 0.0400. The number of hydrogen-bond donors (Lipinski definition) is 2. The summed E-state index contributed by atoms with van der Waals surface area (Å²) >= 11 is 11.8. The standard InChI is InChI=1S/C25H17Cl2N3O5/c26-16-6-8-18(9-7-16)28-22(31)14-35-20-10-4-15(5-11-20)12-21-23(32)29-25(34)30(24(21)33)19-3-1-2-17(27)13-19/h1-13H,14H2,(H,28,31)(H,29,32,34)/b21-12+. The maximum Gasteiger partial charge on any atom is 0.335 e. The average molecular weight is 510 g/mol. The number of ether oxygens (including phenoxy) is 1. The molecule has 35 heavy (non-hydrogen) atoms. The minimum Gasteiger partial charge on any atom is -0.484 e. The van der Waals surface area contributed by atoms with E-state index in [9.17, 15) is 19.2 Å². The van der Waals surface area contributed by atoms with Crippen LogP contribution in [0, 0.1) is 0 Å². The molecular formula is C25H17Cl2N3O5. The van der Waals surface area contributed by atoms with Crippen LogP contribution in [0.15, 0.2) is 78.4 Å². The Bertz CT molecular complexity index is 1340. The largest absolute Gasteiger partial charge is 0.484 e. The molecule has 176 valence electrons. The first-order chi connectivity index (χ1) is 16.8. The number of benzene rings is 3. The molecule has 0 saturated carbocycles. The topological polar surface area (TPSA) is 105 Å². The predicted octanol–water partition coefficient (Wildman–Crippen LogP) is 4.68. The summed E-state index contributed by atoms with van der Waals surface area (Å²) in [4.78, 5) is 50.4. The van der Waals surface area contributed by atoms with Crippen LogP contribution < -0.4 is 20.3 Å². The van der Waals surface area contributed by atoms with Crippen LogP contribution in [0.4, 0.5) is 16.2 Å². The van der Waals surface area contributed by atoms with Gasteiger partial charge in [-0.1, -0.05) is 41.4 Å². The lowest BCUT2D eigenvalue weighted by atomic mass is 10.1. The van der Waals surface area contributed by atoms with Gasteiger partial charge in [0.1, 0.15) is 11.3 Å². The number of rotatable bonds is 6. The molecular weight excluding hydrogens is 493 g/mol. The highest BCUT2D eigenvalue weighted by atomic mass is 35.5. The van der Waals surface area contributed by atoms with Crippen LogP contribution in [-0.2, 0) is 14.4 Å². The minimum absolute atomic E-state index is 0.222. The number of halogens is 2. The first-order valence-corrected chi connectivity index (χ1v) is 11.0. The van der Waals surface area contributed by atoms with Crippen molar-refractivity contribution in [2.24, 2.45) is 0 Å². The smallest absolute Gasteiger partial charge is 0.335 e. The van der Waals surface area contributed by atoms with E-state index in [-0.39, 0.29) is 23.8 Å². The highest BCUT2D eigenvalue weighted by molar-refractivity contribution is 6.39. The number of imide groups is 2. The van der Waals surface area contributed by atoms with Crippen LogP contribution in [-0.4, -0.2) is 30.4 Å². The molecule has 0 atom stereocenters. The summed E-state index contributed by atoms with van der Waals surface area (Å²) in [7, 11) is 0. The van der Waals surface area contributed by atoms with E-state index in [1.54, 1.807) is 60.7 Å². The first-order valence-electron chi connectivity index (χ1n) is 10.3. The second-order valence-electron chi connectivity index (χ2n) is 7.35. The number of nitrogens with one attached hydrogen (secondary N) is 2. The van der Waals surface area contributed by atoms with Gasteiger partial charge in [0, 0.05) is 15.7 Å². The highest BCUT2D eigenvalue weighted by Gasteiger charge is 2.36. The van der Waals surface area contributed by atoms with Crippen molar-refractivity contribution in [3.8, 4) is 5.75 Å². The van der Waals surface area contributed by atoms with Gasteiger partial charge < -0.3 is 10.1 Å². The van der Waals surface area contributed by atoms with Crippen molar-refractivity contribution in [3.05, 3.63) is 94.0 Å². The molecule has 0 bridgehead atoms. The molecule has 0 unspecified atom stereocenters. The molecule has 5 amide bonds. The fourth-order valence-corrected chi connectivity index (χ4v) is 3.52. The molecule has 0 aliphatic carbocycles. The van der Waals surface area contributed by atoms with Crippen molar-refractivity contribution in [2.75, 3.05) is 16.8 Å². The number of amides is 5. The Morgan fingerprint density at radius 1 is 0.943 bits per heavy atom. The molecule has 3 aromatic carbocycles. The van der Waals surface area contributed by atoms with Gasteiger partial charge in [0.2, 0.25) is 0 Å². The zero-order chi connectivity index (χ0) is 24.9. The minimum atomic E-state index is -0.861. The molecule has 8 nitrogen and oxygen atoms in total. The first kappa shape index (κ1) is 24.0. The van der Waals surface area contributed by atoms with E-state index in [4.69, 9.17) is 27.9 Å². The molecule has 10 heteroatoms. The number of nitrogens with zero attached hydrogens (tertiary/aromatic N) is 1. The van der Waals surface area contributed by atoms with E-state index in [1.165, 1.54) is 18.2 Å². The lowest BCUT2D eigenvalue weighted by molar-refractivity contribution is -0.122. The number of barbiturate groups is 1. The van der Waals surface area contributed by atoms with Gasteiger partial charge in [-0.25, -0.2) is 9.69 Å². The molecule has 0 radical (unpaired) electrons. The van der Waals surface area contributed by atoms with Gasteiger partial charge in [-0.05, 0) is 66.2 Å². The highest BCUT2D eigenvalue weighted by Crippen LogP contribution is 2.25. The maximum absolute atomic E-state index is 12.9. The number of urea groups is 1. The van der Waals surface area contributed by atoms with Crippen LogP contribution in [0.3, 0.4) is 0 Å². The molecule has 4 rings (SSSR count). The van der Waals surface area contributed by atoms with Crippen LogP contribution in [0.2, 0.25) is 10.0 Å². The number of carbonyl (C=O) groups is 4. The van der Waals surface area contributed by atoms with Crippen molar-refractivity contribution >= 4 is 64.4 Å². The van der Waals surface area contributed by atoms with E-state index in [0.29, 0.717) is 27.0 Å². The Kier molecular flexibility index (Phi) is 7.14. The molecule has 1 aliphatic heterocycles. The van der Waals surface area contributed by atoms with E-state index < -0.39 is 17.8 Å². The van der Waals surface area contributed by atoms with Gasteiger partial charge in [0.15, 0.2) is 6.61 Å². The Hall–Kier alpha value is -4.14. The molecule has 2 N–H and O–H groups in total. The summed E-state index contributed by atoms with van der Waals surface area (Å²) in [5.74, 6) is -1.53. The summed E-state index contributed by atoms with van der Waals surface area (Å²) in [6.45, 7) is -0.222. The van der Waals surface area contributed by atoms with Gasteiger partial charge in [-0.3, -0.25) is 19.7 Å². The van der Waals surface area contributed by atoms with Crippen LogP contribution in [0.1, 0.15) is 5.56 Å². The van der Waals surface area contributed by atoms with Crippen LogP contribution >= 0.6 is 23.2 Å². The molecule has 1 fully saturated rings. The number of hydrogen-bond acceptors (Lipinski definition) is 5. The Morgan fingerprint density at radius 2 is 1.66 bits per heavy atom. The van der Waals surface area contributed by atoms with E-state index in [2.05, 4.69) is 10.6 Å². The molecule has 1 aliphatic rings. The molecule has 0 aromatic heterocycles. The monoisotopic (exact) mass is 509 g/mol. The van der Waals surface area contributed by atoms with Crippen molar-refractivity contribution in [2.45, 2.75) is 0 Å².